The number of unbranched alkanes of at least 4 members (excludes halogenated alkanes) is 1. The quantitative estimate of drug-likeness (QED) is 0.573. The number of allylic oxidation sites excluding steroid dienone is 3. The van der Waals surface area contributed by atoms with E-state index in [2.05, 4.69) is 13.5 Å². The van der Waals surface area contributed by atoms with E-state index in [1.807, 2.05) is 6.92 Å². The second kappa shape index (κ2) is 7.53. The summed E-state index contributed by atoms with van der Waals surface area (Å²) < 4.78 is 0. The van der Waals surface area contributed by atoms with E-state index in [-0.39, 0.29) is 29.3 Å². The van der Waals surface area contributed by atoms with E-state index >= 15 is 0 Å². The van der Waals surface area contributed by atoms with E-state index in [9.17, 15) is 15.0 Å². The van der Waals surface area contributed by atoms with Crippen LogP contribution in [0.25, 0.3) is 0 Å². The zero-order valence-electron chi connectivity index (χ0n) is 12.1. The number of carbonyl (C=O) groups excluding carboxylic acids is 1. The molecule has 0 aliphatic rings. The first-order valence-corrected chi connectivity index (χ1v) is 6.85. The Morgan fingerprint density at radius 1 is 1.35 bits per heavy atom. The van der Waals surface area contributed by atoms with Crippen molar-refractivity contribution < 1.29 is 15.0 Å². The minimum Gasteiger partial charge on any atom is -0.508 e. The predicted molar refractivity (Wildman–Crippen MR) is 81.1 cm³/mol. The van der Waals surface area contributed by atoms with Gasteiger partial charge in [-0.1, -0.05) is 31.6 Å². The first kappa shape index (κ1) is 16.0. The first-order valence-electron chi connectivity index (χ1n) is 6.85. The van der Waals surface area contributed by atoms with E-state index in [1.54, 1.807) is 6.08 Å². The molecule has 108 valence electrons. The molecule has 0 amide bonds. The van der Waals surface area contributed by atoms with Gasteiger partial charge in [0.1, 0.15) is 11.5 Å². The summed E-state index contributed by atoms with van der Waals surface area (Å²) in [5.74, 6) is -0.421. The number of hydrogen-bond donors (Lipinski definition) is 2. The van der Waals surface area contributed by atoms with Gasteiger partial charge in [0, 0.05) is 12.5 Å². The van der Waals surface area contributed by atoms with Crippen molar-refractivity contribution in [2.24, 2.45) is 0 Å². The van der Waals surface area contributed by atoms with Gasteiger partial charge in [0.2, 0.25) is 0 Å². The first-order chi connectivity index (χ1) is 9.49. The van der Waals surface area contributed by atoms with Crippen molar-refractivity contribution in [1.82, 2.24) is 0 Å². The lowest BCUT2D eigenvalue weighted by Crippen LogP contribution is -2.02. The Kier molecular flexibility index (Phi) is 6.04. The van der Waals surface area contributed by atoms with Gasteiger partial charge >= 0.3 is 0 Å². The van der Waals surface area contributed by atoms with E-state index < -0.39 is 0 Å². The third-order valence-corrected chi connectivity index (χ3v) is 3.33. The Morgan fingerprint density at radius 3 is 2.60 bits per heavy atom. The summed E-state index contributed by atoms with van der Waals surface area (Å²) in [4.78, 5) is 12.2. The Balaban J connectivity index is 2.89. The minimum atomic E-state index is -0.190. The summed E-state index contributed by atoms with van der Waals surface area (Å²) >= 11 is 0. The molecular weight excluding hydrogens is 252 g/mol. The van der Waals surface area contributed by atoms with E-state index in [0.717, 1.165) is 30.4 Å². The van der Waals surface area contributed by atoms with Crippen LogP contribution < -0.4 is 0 Å². The van der Waals surface area contributed by atoms with Crippen LogP contribution >= 0.6 is 0 Å². The van der Waals surface area contributed by atoms with Crippen LogP contribution in [0, 0.1) is 0 Å². The van der Waals surface area contributed by atoms with Crippen molar-refractivity contribution in [2.75, 3.05) is 0 Å². The molecule has 0 bridgehead atoms. The second-order valence-corrected chi connectivity index (χ2v) is 4.91. The lowest BCUT2D eigenvalue weighted by atomic mass is 9.96. The maximum Gasteiger partial charge on any atom is 0.170 e. The average molecular weight is 274 g/mol. The van der Waals surface area contributed by atoms with Gasteiger partial charge in [0.15, 0.2) is 5.78 Å². The molecule has 1 aromatic rings. The molecule has 0 unspecified atom stereocenters. The molecule has 20 heavy (non-hydrogen) atoms. The zero-order chi connectivity index (χ0) is 15.1. The fraction of sp³-hybridized carbons (Fsp3) is 0.353. The highest BCUT2D eigenvalue weighted by Gasteiger charge is 2.13. The summed E-state index contributed by atoms with van der Waals surface area (Å²) in [5, 5.41) is 18.9. The van der Waals surface area contributed by atoms with E-state index in [4.69, 9.17) is 0 Å². The van der Waals surface area contributed by atoms with Crippen LogP contribution in [0.1, 0.15) is 49.9 Å². The van der Waals surface area contributed by atoms with Crippen molar-refractivity contribution in [3.63, 3.8) is 0 Å². The number of ketones is 1. The highest BCUT2D eigenvalue weighted by Crippen LogP contribution is 2.26. The van der Waals surface area contributed by atoms with Gasteiger partial charge < -0.3 is 10.2 Å². The fourth-order valence-corrected chi connectivity index (χ4v) is 2.02. The normalized spacial score (nSPS) is 11.9. The molecule has 0 radical (unpaired) electrons. The molecule has 0 saturated carbocycles. The van der Waals surface area contributed by atoms with Crippen LogP contribution in [0.3, 0.4) is 0 Å². The van der Waals surface area contributed by atoms with Gasteiger partial charge in [-0.05, 0) is 37.5 Å². The summed E-state index contributed by atoms with van der Waals surface area (Å²) in [7, 11) is 0. The third kappa shape index (κ3) is 4.26. The Labute approximate surface area is 120 Å². The molecule has 3 heteroatoms. The SMILES string of the molecule is C=C/C(CC(=O)c1ccc(O)cc1O)=C(\C)CCCC. The topological polar surface area (TPSA) is 57.5 Å². The van der Waals surface area contributed by atoms with Crippen LogP contribution in [-0.2, 0) is 0 Å². The van der Waals surface area contributed by atoms with Crippen LogP contribution in [0.15, 0.2) is 42.0 Å². The number of aromatic hydroxyl groups is 2. The number of Topliss-reactive ketones (excluding diaryl/α,β-unsaturated/α-hetero) is 1. The Hall–Kier alpha value is -2.03. The number of phenolic OH excluding ortho intramolecular Hbond substituents is 2. The highest BCUT2D eigenvalue weighted by atomic mass is 16.3. The maximum absolute atomic E-state index is 12.2. The molecule has 0 fully saturated rings. The smallest absolute Gasteiger partial charge is 0.170 e. The molecule has 3 nitrogen and oxygen atoms in total. The molecule has 1 rings (SSSR count). The van der Waals surface area contributed by atoms with Gasteiger partial charge in [0.05, 0.1) is 5.56 Å². The molecule has 0 spiro atoms. The fourth-order valence-electron chi connectivity index (χ4n) is 2.02. The van der Waals surface area contributed by atoms with Crippen molar-refractivity contribution in [3.8, 4) is 11.5 Å². The zero-order valence-corrected chi connectivity index (χ0v) is 12.1. The summed E-state index contributed by atoms with van der Waals surface area (Å²) in [5.41, 5.74) is 2.30. The van der Waals surface area contributed by atoms with Crippen LogP contribution in [0.5, 0.6) is 11.5 Å². The standard InChI is InChI=1S/C17H22O3/c1-4-6-7-12(3)13(5-2)10-16(19)15-9-8-14(18)11-17(15)20/h5,8-9,11,18,20H,2,4,6-7,10H2,1,3H3/b13-12-. The van der Waals surface area contributed by atoms with Gasteiger partial charge in [-0.25, -0.2) is 0 Å². The molecular formula is C17H22O3. The molecule has 0 atom stereocenters. The molecule has 0 aromatic heterocycles. The van der Waals surface area contributed by atoms with Crippen molar-refractivity contribution in [3.05, 3.63) is 47.6 Å². The van der Waals surface area contributed by atoms with Crippen LogP contribution in [0.4, 0.5) is 0 Å². The number of rotatable bonds is 7. The summed E-state index contributed by atoms with van der Waals surface area (Å²) in [6.07, 6.45) is 5.07. The van der Waals surface area contributed by atoms with E-state index in [0.29, 0.717) is 0 Å². The van der Waals surface area contributed by atoms with Gasteiger partial charge in [0.25, 0.3) is 0 Å². The highest BCUT2D eigenvalue weighted by molar-refractivity contribution is 6.00. The van der Waals surface area contributed by atoms with E-state index in [1.165, 1.54) is 18.2 Å². The number of hydrogen-bond acceptors (Lipinski definition) is 3. The largest absolute Gasteiger partial charge is 0.508 e. The number of carbonyl (C=O) groups is 1. The average Bonchev–Trinajstić information content (AvgIpc) is 2.41. The molecule has 2 N–H and O–H groups in total. The number of phenols is 2. The molecule has 0 heterocycles. The van der Waals surface area contributed by atoms with Gasteiger partial charge in [-0.2, -0.15) is 0 Å². The van der Waals surface area contributed by atoms with Crippen molar-refractivity contribution in [2.45, 2.75) is 39.5 Å². The molecule has 0 aliphatic heterocycles. The van der Waals surface area contributed by atoms with Crippen molar-refractivity contribution >= 4 is 5.78 Å². The van der Waals surface area contributed by atoms with Gasteiger partial charge in [-0.3, -0.25) is 4.79 Å². The monoisotopic (exact) mass is 274 g/mol. The van der Waals surface area contributed by atoms with Crippen LogP contribution in [-0.4, -0.2) is 16.0 Å². The summed E-state index contributed by atoms with van der Waals surface area (Å²) in [6, 6.07) is 4.01. The second-order valence-electron chi connectivity index (χ2n) is 4.91. The summed E-state index contributed by atoms with van der Waals surface area (Å²) in [6.45, 7) is 7.90. The molecule has 0 aliphatic carbocycles. The minimum absolute atomic E-state index is 0.0577. The van der Waals surface area contributed by atoms with Gasteiger partial charge in [-0.15, -0.1) is 0 Å². The third-order valence-electron chi connectivity index (χ3n) is 3.33. The van der Waals surface area contributed by atoms with Crippen molar-refractivity contribution in [1.29, 1.82) is 0 Å². The molecule has 0 saturated heterocycles. The number of benzene rings is 1. The lowest BCUT2D eigenvalue weighted by molar-refractivity contribution is 0.0991. The lowest BCUT2D eigenvalue weighted by Gasteiger charge is -2.09. The van der Waals surface area contributed by atoms with Crippen LogP contribution in [0.2, 0.25) is 0 Å². The molecule has 1 aromatic carbocycles. The maximum atomic E-state index is 12.2. The Morgan fingerprint density at radius 2 is 2.05 bits per heavy atom. The Bertz CT molecular complexity index is 527. The predicted octanol–water partition coefficient (Wildman–Crippen LogP) is 4.36.